The molecule has 0 aliphatic heterocycles. The predicted molar refractivity (Wildman–Crippen MR) is 77.9 cm³/mol. The lowest BCUT2D eigenvalue weighted by atomic mass is 9.81. The molecule has 2 rings (SSSR count). The molecule has 1 amide bonds. The van der Waals surface area contributed by atoms with Crippen LogP contribution >= 0.6 is 0 Å². The van der Waals surface area contributed by atoms with Gasteiger partial charge in [-0.05, 0) is 50.3 Å². The molecule has 0 unspecified atom stereocenters. The number of nitrogens with one attached hydrogen (secondary N) is 1. The first-order valence-electron chi connectivity index (χ1n) is 7.40. The molecule has 126 valence electrons. The highest BCUT2D eigenvalue weighted by Gasteiger charge is 2.32. The molecule has 4 nitrogen and oxygen atoms in total. The first-order chi connectivity index (χ1) is 10.7. The number of alkyl halides is 3. The monoisotopic (exact) mass is 329 g/mol. The summed E-state index contributed by atoms with van der Waals surface area (Å²) in [5.41, 5.74) is -0.122. The Morgan fingerprint density at radius 2 is 1.70 bits per heavy atom. The third-order valence-electron chi connectivity index (χ3n) is 4.27. The third kappa shape index (κ3) is 4.24. The molecular formula is C16H18F3NO3. The van der Waals surface area contributed by atoms with Gasteiger partial charge in [-0.1, -0.05) is 6.07 Å². The quantitative estimate of drug-likeness (QED) is 0.885. The molecule has 0 aromatic heterocycles. The van der Waals surface area contributed by atoms with Crippen molar-refractivity contribution in [2.75, 3.05) is 5.32 Å². The molecule has 7 heteroatoms. The number of carbonyl (C=O) groups excluding carboxylic acids is 1. The number of benzene rings is 1. The van der Waals surface area contributed by atoms with Crippen LogP contribution in [0.25, 0.3) is 0 Å². The molecule has 2 N–H and O–H groups in total. The fourth-order valence-electron chi connectivity index (χ4n) is 2.77. The average Bonchev–Trinajstić information content (AvgIpc) is 2.48. The largest absolute Gasteiger partial charge is 0.481 e. The molecule has 1 fully saturated rings. The Kier molecular flexibility index (Phi) is 4.97. The van der Waals surface area contributed by atoms with Crippen LogP contribution in [-0.2, 0) is 15.8 Å². The van der Waals surface area contributed by atoms with Gasteiger partial charge in [0.15, 0.2) is 0 Å². The van der Waals surface area contributed by atoms with Gasteiger partial charge in [-0.15, -0.1) is 0 Å². The van der Waals surface area contributed by atoms with E-state index in [1.807, 2.05) is 0 Å². The van der Waals surface area contributed by atoms with E-state index in [1.54, 1.807) is 6.92 Å². The van der Waals surface area contributed by atoms with Crippen LogP contribution in [0, 0.1) is 18.8 Å². The van der Waals surface area contributed by atoms with Crippen molar-refractivity contribution in [3.05, 3.63) is 29.3 Å². The number of carboxylic acids is 1. The summed E-state index contributed by atoms with van der Waals surface area (Å²) in [6.45, 7) is 1.62. The van der Waals surface area contributed by atoms with E-state index in [0.717, 1.165) is 12.1 Å². The number of aliphatic carboxylic acids is 1. The lowest BCUT2D eigenvalue weighted by Crippen LogP contribution is -2.29. The maximum Gasteiger partial charge on any atom is 0.416 e. The number of rotatable bonds is 3. The van der Waals surface area contributed by atoms with Crippen molar-refractivity contribution in [1.29, 1.82) is 0 Å². The van der Waals surface area contributed by atoms with Crippen LogP contribution in [0.1, 0.15) is 36.8 Å². The number of aryl methyl sites for hydroxylation is 1. The number of hydrogen-bond donors (Lipinski definition) is 2. The molecule has 23 heavy (non-hydrogen) atoms. The molecule has 1 aliphatic rings. The van der Waals surface area contributed by atoms with Gasteiger partial charge in [-0.2, -0.15) is 13.2 Å². The summed E-state index contributed by atoms with van der Waals surface area (Å²) < 4.78 is 38.2. The number of halogens is 3. The highest BCUT2D eigenvalue weighted by Crippen LogP contribution is 2.33. The fraction of sp³-hybridized carbons (Fsp3) is 0.500. The van der Waals surface area contributed by atoms with Crippen LogP contribution < -0.4 is 5.32 Å². The Morgan fingerprint density at radius 3 is 2.22 bits per heavy atom. The van der Waals surface area contributed by atoms with E-state index in [0.29, 0.717) is 31.2 Å². The Labute approximate surface area is 131 Å². The zero-order valence-corrected chi connectivity index (χ0v) is 12.6. The fourth-order valence-corrected chi connectivity index (χ4v) is 2.77. The molecule has 0 heterocycles. The van der Waals surface area contributed by atoms with Crippen molar-refractivity contribution in [1.82, 2.24) is 0 Å². The normalized spacial score (nSPS) is 21.7. The standard InChI is InChI=1S/C16H18F3NO3/c1-9-2-7-12(16(17,18)19)8-13(9)20-14(21)10-3-5-11(6-4-10)15(22)23/h2,7-8,10-11H,3-6H2,1H3,(H,20,21)(H,22,23). The molecule has 1 saturated carbocycles. The van der Waals surface area contributed by atoms with Crippen molar-refractivity contribution < 1.29 is 27.9 Å². The van der Waals surface area contributed by atoms with Crippen LogP contribution in [0.4, 0.5) is 18.9 Å². The summed E-state index contributed by atoms with van der Waals surface area (Å²) in [5.74, 6) is -2.01. The number of carbonyl (C=O) groups is 2. The number of hydrogen-bond acceptors (Lipinski definition) is 2. The molecule has 1 aromatic carbocycles. The number of amides is 1. The van der Waals surface area contributed by atoms with Crippen LogP contribution in [0.15, 0.2) is 18.2 Å². The van der Waals surface area contributed by atoms with E-state index in [1.165, 1.54) is 6.07 Å². The van der Waals surface area contributed by atoms with Gasteiger partial charge in [-0.3, -0.25) is 9.59 Å². The summed E-state index contributed by atoms with van der Waals surface area (Å²) in [5, 5.41) is 11.5. The summed E-state index contributed by atoms with van der Waals surface area (Å²) in [6, 6.07) is 3.22. The van der Waals surface area contributed by atoms with Gasteiger partial charge in [0.25, 0.3) is 0 Å². The van der Waals surface area contributed by atoms with Gasteiger partial charge in [0, 0.05) is 11.6 Å². The molecular weight excluding hydrogens is 311 g/mol. The summed E-state index contributed by atoms with van der Waals surface area (Å²) >= 11 is 0. The smallest absolute Gasteiger partial charge is 0.416 e. The van der Waals surface area contributed by atoms with Crippen molar-refractivity contribution in [3.8, 4) is 0 Å². The highest BCUT2D eigenvalue weighted by molar-refractivity contribution is 5.93. The molecule has 0 radical (unpaired) electrons. The van der Waals surface area contributed by atoms with Crippen LogP contribution in [0.3, 0.4) is 0 Å². The summed E-state index contributed by atoms with van der Waals surface area (Å²) in [6.07, 6.45) is -2.78. The third-order valence-corrected chi connectivity index (χ3v) is 4.27. The maximum absolute atomic E-state index is 12.7. The average molecular weight is 329 g/mol. The van der Waals surface area contributed by atoms with Gasteiger partial charge in [0.05, 0.1) is 11.5 Å². The van der Waals surface area contributed by atoms with Gasteiger partial charge < -0.3 is 10.4 Å². The van der Waals surface area contributed by atoms with Crippen LogP contribution in [-0.4, -0.2) is 17.0 Å². The Morgan fingerprint density at radius 1 is 1.13 bits per heavy atom. The Bertz CT molecular complexity index is 605. The van der Waals surface area contributed by atoms with Crippen molar-refractivity contribution in [2.45, 2.75) is 38.8 Å². The molecule has 1 aromatic rings. The first kappa shape index (κ1) is 17.3. The minimum absolute atomic E-state index is 0.144. The lowest BCUT2D eigenvalue weighted by Gasteiger charge is -2.25. The molecule has 0 atom stereocenters. The van der Waals surface area contributed by atoms with Gasteiger partial charge in [0.2, 0.25) is 5.91 Å². The lowest BCUT2D eigenvalue weighted by molar-refractivity contribution is -0.143. The second-order valence-electron chi connectivity index (χ2n) is 5.90. The van der Waals surface area contributed by atoms with E-state index in [9.17, 15) is 22.8 Å². The summed E-state index contributed by atoms with van der Waals surface area (Å²) in [7, 11) is 0. The van der Waals surface area contributed by atoms with Gasteiger partial charge >= 0.3 is 12.1 Å². The summed E-state index contributed by atoms with van der Waals surface area (Å²) in [4.78, 5) is 23.1. The SMILES string of the molecule is Cc1ccc(C(F)(F)F)cc1NC(=O)C1CCC(C(=O)O)CC1. The zero-order valence-electron chi connectivity index (χ0n) is 12.6. The van der Waals surface area contributed by atoms with Crippen LogP contribution in [0.2, 0.25) is 0 Å². The van der Waals surface area contributed by atoms with Crippen molar-refractivity contribution in [3.63, 3.8) is 0 Å². The Balaban J connectivity index is 2.05. The van der Waals surface area contributed by atoms with Crippen LogP contribution in [0.5, 0.6) is 0 Å². The molecule has 1 aliphatic carbocycles. The van der Waals surface area contributed by atoms with Crippen molar-refractivity contribution in [2.24, 2.45) is 11.8 Å². The van der Waals surface area contributed by atoms with Gasteiger partial charge in [-0.25, -0.2) is 0 Å². The van der Waals surface area contributed by atoms with E-state index >= 15 is 0 Å². The highest BCUT2D eigenvalue weighted by atomic mass is 19.4. The van der Waals surface area contributed by atoms with Crippen molar-refractivity contribution >= 4 is 17.6 Å². The van der Waals surface area contributed by atoms with Gasteiger partial charge in [0.1, 0.15) is 0 Å². The Hall–Kier alpha value is -2.05. The topological polar surface area (TPSA) is 66.4 Å². The molecule has 0 spiro atoms. The molecule has 0 saturated heterocycles. The minimum atomic E-state index is -4.47. The van der Waals surface area contributed by atoms with E-state index in [2.05, 4.69) is 5.32 Å². The number of anilines is 1. The number of carboxylic acid groups (broad SMARTS) is 1. The minimum Gasteiger partial charge on any atom is -0.481 e. The van der Waals surface area contributed by atoms with E-state index in [-0.39, 0.29) is 17.5 Å². The molecule has 0 bridgehead atoms. The predicted octanol–water partition coefficient (Wildman–Crippen LogP) is 3.84. The zero-order chi connectivity index (χ0) is 17.2. The maximum atomic E-state index is 12.7. The second-order valence-corrected chi connectivity index (χ2v) is 5.90. The van der Waals surface area contributed by atoms with E-state index in [4.69, 9.17) is 5.11 Å². The second kappa shape index (κ2) is 6.60. The first-order valence-corrected chi connectivity index (χ1v) is 7.40. The van der Waals surface area contributed by atoms with E-state index < -0.39 is 23.6 Å².